The third kappa shape index (κ3) is 2.75. The summed E-state index contributed by atoms with van der Waals surface area (Å²) in [4.78, 5) is 13.1. The number of rotatable bonds is 2. The van der Waals surface area contributed by atoms with Gasteiger partial charge in [-0.15, -0.1) is 0 Å². The van der Waals surface area contributed by atoms with E-state index in [1.54, 1.807) is 0 Å². The normalized spacial score (nSPS) is 16.1. The van der Waals surface area contributed by atoms with E-state index in [1.807, 2.05) is 30.3 Å². The van der Waals surface area contributed by atoms with Crippen molar-refractivity contribution in [1.82, 2.24) is 14.9 Å². The second kappa shape index (κ2) is 5.57. The Morgan fingerprint density at radius 3 is 2.29 bits per heavy atom. The van der Waals surface area contributed by atoms with Crippen LogP contribution in [0.5, 0.6) is 0 Å². The number of hydrogen-bond donors (Lipinski definition) is 2. The van der Waals surface area contributed by atoms with Gasteiger partial charge in [0.25, 0.3) is 0 Å². The Bertz CT molecular complexity index is 620. The first-order chi connectivity index (χ1) is 10.1. The quantitative estimate of drug-likeness (QED) is 0.858. The standard InChI is InChI=1S/C15H20N6/c1-20-7-9-21(10-8-20)14-12(11-5-3-2-4-6-11)13(16)18-15(17)19-14/h2-6H,7-10H2,1H3,(H4,16,17,18,19). The lowest BCUT2D eigenvalue weighted by Gasteiger charge is -2.34. The Labute approximate surface area is 124 Å². The number of piperazine rings is 1. The second-order valence-electron chi connectivity index (χ2n) is 5.32. The molecule has 6 heteroatoms. The molecule has 0 unspecified atom stereocenters. The minimum absolute atomic E-state index is 0.223. The third-order valence-electron chi connectivity index (χ3n) is 3.80. The van der Waals surface area contributed by atoms with E-state index in [4.69, 9.17) is 11.5 Å². The summed E-state index contributed by atoms with van der Waals surface area (Å²) in [5, 5.41) is 0. The van der Waals surface area contributed by atoms with Crippen LogP contribution in [0.3, 0.4) is 0 Å². The zero-order valence-electron chi connectivity index (χ0n) is 12.2. The van der Waals surface area contributed by atoms with Crippen LogP contribution in [0.1, 0.15) is 0 Å². The van der Waals surface area contributed by atoms with E-state index < -0.39 is 0 Å². The van der Waals surface area contributed by atoms with E-state index in [9.17, 15) is 0 Å². The zero-order valence-corrected chi connectivity index (χ0v) is 12.2. The van der Waals surface area contributed by atoms with E-state index in [2.05, 4.69) is 26.8 Å². The average molecular weight is 284 g/mol. The molecule has 1 aromatic heterocycles. The van der Waals surface area contributed by atoms with Crippen LogP contribution < -0.4 is 16.4 Å². The summed E-state index contributed by atoms with van der Waals surface area (Å²) in [5.41, 5.74) is 13.8. The second-order valence-corrected chi connectivity index (χ2v) is 5.32. The Morgan fingerprint density at radius 2 is 1.62 bits per heavy atom. The van der Waals surface area contributed by atoms with Crippen LogP contribution in [-0.4, -0.2) is 48.1 Å². The van der Waals surface area contributed by atoms with Crippen LogP contribution >= 0.6 is 0 Å². The smallest absolute Gasteiger partial charge is 0.223 e. The number of hydrogen-bond acceptors (Lipinski definition) is 6. The molecule has 0 saturated carbocycles. The molecule has 2 aromatic rings. The number of anilines is 3. The number of nitrogens with two attached hydrogens (primary N) is 2. The van der Waals surface area contributed by atoms with Gasteiger partial charge in [0.1, 0.15) is 11.6 Å². The highest BCUT2D eigenvalue weighted by Gasteiger charge is 2.22. The van der Waals surface area contributed by atoms with Gasteiger partial charge in [0.05, 0.1) is 5.56 Å². The maximum absolute atomic E-state index is 6.12. The van der Waals surface area contributed by atoms with Gasteiger partial charge in [-0.1, -0.05) is 30.3 Å². The molecule has 0 spiro atoms. The first kappa shape index (κ1) is 13.6. The van der Waals surface area contributed by atoms with Crippen molar-refractivity contribution in [3.63, 3.8) is 0 Å². The lowest BCUT2D eigenvalue weighted by atomic mass is 10.1. The first-order valence-electron chi connectivity index (χ1n) is 7.07. The van der Waals surface area contributed by atoms with Gasteiger partial charge in [0.15, 0.2) is 0 Å². The number of nitrogen functional groups attached to an aromatic ring is 2. The fourth-order valence-electron chi connectivity index (χ4n) is 2.61. The summed E-state index contributed by atoms with van der Waals surface area (Å²) >= 11 is 0. The highest BCUT2D eigenvalue weighted by molar-refractivity contribution is 5.85. The van der Waals surface area contributed by atoms with E-state index in [1.165, 1.54) is 0 Å². The molecule has 21 heavy (non-hydrogen) atoms. The molecule has 1 aromatic carbocycles. The zero-order chi connectivity index (χ0) is 14.8. The summed E-state index contributed by atoms with van der Waals surface area (Å²) in [6, 6.07) is 9.99. The average Bonchev–Trinajstić information content (AvgIpc) is 2.48. The van der Waals surface area contributed by atoms with Crippen molar-refractivity contribution < 1.29 is 0 Å². The van der Waals surface area contributed by atoms with E-state index in [0.29, 0.717) is 5.82 Å². The van der Waals surface area contributed by atoms with Gasteiger partial charge in [-0.05, 0) is 12.6 Å². The molecule has 0 amide bonds. The number of benzene rings is 1. The summed E-state index contributed by atoms with van der Waals surface area (Å²) in [5.74, 6) is 1.49. The van der Waals surface area contributed by atoms with Gasteiger partial charge in [0.2, 0.25) is 5.95 Å². The fraction of sp³-hybridized carbons (Fsp3) is 0.333. The molecule has 2 heterocycles. The van der Waals surface area contributed by atoms with E-state index in [-0.39, 0.29) is 5.95 Å². The molecule has 1 aliphatic rings. The largest absolute Gasteiger partial charge is 0.383 e. The molecule has 1 aliphatic heterocycles. The van der Waals surface area contributed by atoms with Crippen LogP contribution in [-0.2, 0) is 0 Å². The molecule has 6 nitrogen and oxygen atoms in total. The van der Waals surface area contributed by atoms with Crippen molar-refractivity contribution in [3.05, 3.63) is 30.3 Å². The Balaban J connectivity index is 2.06. The Hall–Kier alpha value is -2.34. The minimum atomic E-state index is 0.223. The molecular formula is C15H20N6. The van der Waals surface area contributed by atoms with Crippen LogP contribution in [0.4, 0.5) is 17.6 Å². The number of aromatic nitrogens is 2. The molecule has 0 bridgehead atoms. The maximum atomic E-state index is 6.12. The van der Waals surface area contributed by atoms with Gasteiger partial charge >= 0.3 is 0 Å². The van der Waals surface area contributed by atoms with Crippen molar-refractivity contribution in [2.24, 2.45) is 0 Å². The third-order valence-corrected chi connectivity index (χ3v) is 3.80. The molecule has 3 rings (SSSR count). The lowest BCUT2D eigenvalue weighted by Crippen LogP contribution is -2.45. The predicted octanol–water partition coefficient (Wildman–Crippen LogP) is 1.06. The van der Waals surface area contributed by atoms with Crippen molar-refractivity contribution in [3.8, 4) is 11.1 Å². The Kier molecular flexibility index (Phi) is 3.62. The highest BCUT2D eigenvalue weighted by Crippen LogP contribution is 2.34. The van der Waals surface area contributed by atoms with Crippen molar-refractivity contribution >= 4 is 17.6 Å². The van der Waals surface area contributed by atoms with Crippen molar-refractivity contribution in [2.45, 2.75) is 0 Å². The monoisotopic (exact) mass is 284 g/mol. The number of nitrogens with zero attached hydrogens (tertiary/aromatic N) is 4. The van der Waals surface area contributed by atoms with E-state index >= 15 is 0 Å². The van der Waals surface area contributed by atoms with Crippen LogP contribution in [0, 0.1) is 0 Å². The molecule has 0 radical (unpaired) electrons. The lowest BCUT2D eigenvalue weighted by molar-refractivity contribution is 0.312. The molecule has 4 N–H and O–H groups in total. The summed E-state index contributed by atoms with van der Waals surface area (Å²) < 4.78 is 0. The molecule has 110 valence electrons. The maximum Gasteiger partial charge on any atom is 0.223 e. The van der Waals surface area contributed by atoms with Gasteiger partial charge in [-0.25, -0.2) is 0 Å². The van der Waals surface area contributed by atoms with Gasteiger partial charge < -0.3 is 21.3 Å². The van der Waals surface area contributed by atoms with Crippen LogP contribution in [0.2, 0.25) is 0 Å². The van der Waals surface area contributed by atoms with E-state index in [0.717, 1.165) is 43.1 Å². The SMILES string of the molecule is CN1CCN(c2nc(N)nc(N)c2-c2ccccc2)CC1. The molecule has 1 fully saturated rings. The molecule has 0 atom stereocenters. The van der Waals surface area contributed by atoms with Crippen molar-refractivity contribution in [2.75, 3.05) is 49.6 Å². The summed E-state index contributed by atoms with van der Waals surface area (Å²) in [6.07, 6.45) is 0. The number of likely N-dealkylation sites (N-methyl/N-ethyl adjacent to an activating group) is 1. The molecular weight excluding hydrogens is 264 g/mol. The first-order valence-corrected chi connectivity index (χ1v) is 7.07. The van der Waals surface area contributed by atoms with Crippen LogP contribution in [0.15, 0.2) is 30.3 Å². The highest BCUT2D eigenvalue weighted by atomic mass is 15.3. The van der Waals surface area contributed by atoms with Crippen LogP contribution in [0.25, 0.3) is 11.1 Å². The predicted molar refractivity (Wildman–Crippen MR) is 86.0 cm³/mol. The van der Waals surface area contributed by atoms with Gasteiger partial charge in [0, 0.05) is 26.2 Å². The summed E-state index contributed by atoms with van der Waals surface area (Å²) in [7, 11) is 2.12. The molecule has 1 saturated heterocycles. The minimum Gasteiger partial charge on any atom is -0.383 e. The summed E-state index contributed by atoms with van der Waals surface area (Å²) in [6.45, 7) is 3.81. The van der Waals surface area contributed by atoms with Gasteiger partial charge in [-0.3, -0.25) is 0 Å². The molecule has 0 aliphatic carbocycles. The Morgan fingerprint density at radius 1 is 0.952 bits per heavy atom. The van der Waals surface area contributed by atoms with Crippen molar-refractivity contribution in [1.29, 1.82) is 0 Å². The fourth-order valence-corrected chi connectivity index (χ4v) is 2.61. The van der Waals surface area contributed by atoms with Gasteiger partial charge in [-0.2, -0.15) is 9.97 Å². The topological polar surface area (TPSA) is 84.3 Å².